The SMILES string of the molecule is Cc1cccc(C(=O)NCC(=O)Nc2cc(F)ccc2C)c1. The molecule has 2 aromatic carbocycles. The summed E-state index contributed by atoms with van der Waals surface area (Å²) in [6, 6.07) is 11.2. The van der Waals surface area contributed by atoms with Crippen molar-refractivity contribution >= 4 is 17.5 Å². The van der Waals surface area contributed by atoms with Gasteiger partial charge in [0.15, 0.2) is 0 Å². The lowest BCUT2D eigenvalue weighted by atomic mass is 10.1. The first kappa shape index (κ1) is 15.7. The van der Waals surface area contributed by atoms with Gasteiger partial charge in [-0.2, -0.15) is 0 Å². The summed E-state index contributed by atoms with van der Waals surface area (Å²) in [5.41, 5.74) is 2.61. The van der Waals surface area contributed by atoms with E-state index in [4.69, 9.17) is 0 Å². The highest BCUT2D eigenvalue weighted by Crippen LogP contribution is 2.15. The van der Waals surface area contributed by atoms with Crippen molar-refractivity contribution in [1.82, 2.24) is 5.32 Å². The molecule has 0 atom stereocenters. The van der Waals surface area contributed by atoms with E-state index in [0.29, 0.717) is 11.3 Å². The number of anilines is 1. The lowest BCUT2D eigenvalue weighted by Crippen LogP contribution is -2.33. The number of halogens is 1. The molecule has 2 aromatic rings. The van der Waals surface area contributed by atoms with Crippen LogP contribution in [0.15, 0.2) is 42.5 Å². The van der Waals surface area contributed by atoms with Crippen molar-refractivity contribution in [2.45, 2.75) is 13.8 Å². The fourth-order valence-corrected chi connectivity index (χ4v) is 1.97. The maximum absolute atomic E-state index is 13.1. The summed E-state index contributed by atoms with van der Waals surface area (Å²) in [6.07, 6.45) is 0. The molecular weight excluding hydrogens is 283 g/mol. The third-order valence-electron chi connectivity index (χ3n) is 3.16. The van der Waals surface area contributed by atoms with E-state index in [-0.39, 0.29) is 12.5 Å². The van der Waals surface area contributed by atoms with E-state index in [9.17, 15) is 14.0 Å². The van der Waals surface area contributed by atoms with Crippen LogP contribution < -0.4 is 10.6 Å². The summed E-state index contributed by atoms with van der Waals surface area (Å²) >= 11 is 0. The van der Waals surface area contributed by atoms with Crippen LogP contribution in [0.2, 0.25) is 0 Å². The quantitative estimate of drug-likeness (QED) is 0.912. The minimum absolute atomic E-state index is 0.178. The summed E-state index contributed by atoms with van der Waals surface area (Å²) in [6.45, 7) is 3.47. The maximum atomic E-state index is 13.1. The molecule has 4 nitrogen and oxygen atoms in total. The highest BCUT2D eigenvalue weighted by Gasteiger charge is 2.09. The maximum Gasteiger partial charge on any atom is 0.251 e. The molecule has 2 rings (SSSR count). The average Bonchev–Trinajstić information content (AvgIpc) is 2.48. The van der Waals surface area contributed by atoms with E-state index < -0.39 is 11.7 Å². The van der Waals surface area contributed by atoms with Crippen molar-refractivity contribution in [2.75, 3.05) is 11.9 Å². The number of hydrogen-bond donors (Lipinski definition) is 2. The van der Waals surface area contributed by atoms with E-state index in [0.717, 1.165) is 11.1 Å². The second-order valence-electron chi connectivity index (χ2n) is 5.06. The molecule has 0 saturated carbocycles. The van der Waals surface area contributed by atoms with Gasteiger partial charge in [-0.05, 0) is 43.7 Å². The van der Waals surface area contributed by atoms with E-state index in [1.165, 1.54) is 12.1 Å². The lowest BCUT2D eigenvalue weighted by molar-refractivity contribution is -0.115. The molecule has 0 spiro atoms. The Hall–Kier alpha value is -2.69. The summed E-state index contributed by atoms with van der Waals surface area (Å²) in [5.74, 6) is -1.16. The summed E-state index contributed by atoms with van der Waals surface area (Å²) in [5, 5.41) is 5.11. The van der Waals surface area contributed by atoms with Gasteiger partial charge in [0.1, 0.15) is 5.82 Å². The van der Waals surface area contributed by atoms with Crippen molar-refractivity contribution < 1.29 is 14.0 Å². The summed E-state index contributed by atoms with van der Waals surface area (Å²) in [7, 11) is 0. The van der Waals surface area contributed by atoms with Gasteiger partial charge in [-0.3, -0.25) is 9.59 Å². The number of carbonyl (C=O) groups is 2. The predicted molar refractivity (Wildman–Crippen MR) is 83.3 cm³/mol. The number of hydrogen-bond acceptors (Lipinski definition) is 2. The van der Waals surface area contributed by atoms with Crippen LogP contribution in [0.3, 0.4) is 0 Å². The molecule has 0 unspecified atom stereocenters. The monoisotopic (exact) mass is 300 g/mol. The zero-order valence-corrected chi connectivity index (χ0v) is 12.4. The van der Waals surface area contributed by atoms with E-state index in [1.807, 2.05) is 13.0 Å². The number of carbonyl (C=O) groups excluding carboxylic acids is 2. The molecule has 2 N–H and O–H groups in total. The molecule has 0 heterocycles. The number of amides is 2. The topological polar surface area (TPSA) is 58.2 Å². The van der Waals surface area contributed by atoms with Crippen molar-refractivity contribution in [3.8, 4) is 0 Å². The number of nitrogens with one attached hydrogen (secondary N) is 2. The van der Waals surface area contributed by atoms with Gasteiger partial charge in [0.2, 0.25) is 5.91 Å². The highest BCUT2D eigenvalue weighted by molar-refractivity contribution is 5.99. The van der Waals surface area contributed by atoms with Gasteiger partial charge in [-0.25, -0.2) is 4.39 Å². The Morgan fingerprint density at radius 1 is 1.09 bits per heavy atom. The first-order chi connectivity index (χ1) is 10.5. The normalized spacial score (nSPS) is 10.1. The highest BCUT2D eigenvalue weighted by atomic mass is 19.1. The Morgan fingerprint density at radius 2 is 1.86 bits per heavy atom. The zero-order valence-electron chi connectivity index (χ0n) is 12.4. The zero-order chi connectivity index (χ0) is 16.1. The molecule has 0 aliphatic carbocycles. The third kappa shape index (κ3) is 4.15. The van der Waals surface area contributed by atoms with Gasteiger partial charge in [0, 0.05) is 11.3 Å². The van der Waals surface area contributed by atoms with Crippen molar-refractivity contribution in [3.05, 3.63) is 65.0 Å². The van der Waals surface area contributed by atoms with E-state index >= 15 is 0 Å². The Bertz CT molecular complexity index is 714. The Kier molecular flexibility index (Phi) is 4.88. The van der Waals surface area contributed by atoms with Gasteiger partial charge in [-0.15, -0.1) is 0 Å². The largest absolute Gasteiger partial charge is 0.343 e. The molecule has 2 amide bonds. The first-order valence-corrected chi connectivity index (χ1v) is 6.86. The van der Waals surface area contributed by atoms with Crippen LogP contribution >= 0.6 is 0 Å². The number of rotatable bonds is 4. The molecule has 0 fully saturated rings. The van der Waals surface area contributed by atoms with Gasteiger partial charge in [0.25, 0.3) is 5.91 Å². The third-order valence-corrected chi connectivity index (χ3v) is 3.16. The second-order valence-corrected chi connectivity index (χ2v) is 5.06. The van der Waals surface area contributed by atoms with Crippen molar-refractivity contribution in [2.24, 2.45) is 0 Å². The molecular formula is C17H17FN2O2. The fraction of sp³-hybridized carbons (Fsp3) is 0.176. The molecule has 0 saturated heterocycles. The Balaban J connectivity index is 1.93. The fourth-order valence-electron chi connectivity index (χ4n) is 1.97. The van der Waals surface area contributed by atoms with Crippen molar-refractivity contribution in [1.29, 1.82) is 0 Å². The van der Waals surface area contributed by atoms with Gasteiger partial charge < -0.3 is 10.6 Å². The van der Waals surface area contributed by atoms with Crippen molar-refractivity contribution in [3.63, 3.8) is 0 Å². The molecule has 114 valence electrons. The van der Waals surface area contributed by atoms with Crippen LogP contribution in [-0.2, 0) is 4.79 Å². The molecule has 0 aliphatic heterocycles. The average molecular weight is 300 g/mol. The van der Waals surface area contributed by atoms with Crippen LogP contribution in [0.25, 0.3) is 0 Å². The van der Waals surface area contributed by atoms with Gasteiger partial charge >= 0.3 is 0 Å². The van der Waals surface area contributed by atoms with E-state index in [2.05, 4.69) is 10.6 Å². The molecule has 22 heavy (non-hydrogen) atoms. The lowest BCUT2D eigenvalue weighted by Gasteiger charge is -2.09. The standard InChI is InChI=1S/C17H17FN2O2/c1-11-4-3-5-13(8-11)17(22)19-10-16(21)20-15-9-14(18)7-6-12(15)2/h3-9H,10H2,1-2H3,(H,19,22)(H,20,21). The minimum Gasteiger partial charge on any atom is -0.343 e. The molecule has 5 heteroatoms. The van der Waals surface area contributed by atoms with Crippen LogP contribution in [0.1, 0.15) is 21.5 Å². The smallest absolute Gasteiger partial charge is 0.251 e. The Morgan fingerprint density at radius 3 is 2.59 bits per heavy atom. The van der Waals surface area contributed by atoms with Gasteiger partial charge in [0.05, 0.1) is 6.54 Å². The van der Waals surface area contributed by atoms with Crippen LogP contribution in [-0.4, -0.2) is 18.4 Å². The number of benzene rings is 2. The number of aryl methyl sites for hydroxylation is 2. The molecule has 0 bridgehead atoms. The van der Waals surface area contributed by atoms with Crippen LogP contribution in [0.4, 0.5) is 10.1 Å². The molecule has 0 radical (unpaired) electrons. The predicted octanol–water partition coefficient (Wildman–Crippen LogP) is 2.81. The van der Waals surface area contributed by atoms with Gasteiger partial charge in [-0.1, -0.05) is 23.8 Å². The van der Waals surface area contributed by atoms with E-state index in [1.54, 1.807) is 31.2 Å². The summed E-state index contributed by atoms with van der Waals surface area (Å²) in [4.78, 5) is 23.8. The van der Waals surface area contributed by atoms with Crippen LogP contribution in [0, 0.1) is 19.7 Å². The molecule has 0 aliphatic rings. The first-order valence-electron chi connectivity index (χ1n) is 6.86. The summed E-state index contributed by atoms with van der Waals surface area (Å²) < 4.78 is 13.1. The van der Waals surface area contributed by atoms with Crippen LogP contribution in [0.5, 0.6) is 0 Å². The Labute approximate surface area is 128 Å². The second kappa shape index (κ2) is 6.85. The molecule has 0 aromatic heterocycles. The minimum atomic E-state index is -0.426.